The lowest BCUT2D eigenvalue weighted by Gasteiger charge is -2.37. The zero-order valence-corrected chi connectivity index (χ0v) is 19.0. The zero-order chi connectivity index (χ0) is 23.7. The fraction of sp³-hybridized carbons (Fsp3) is 0.286. The van der Waals surface area contributed by atoms with Crippen LogP contribution in [0.3, 0.4) is 0 Å². The zero-order valence-electron chi connectivity index (χ0n) is 19.0. The van der Waals surface area contributed by atoms with Crippen LogP contribution in [-0.2, 0) is 0 Å². The van der Waals surface area contributed by atoms with Crippen molar-refractivity contribution >= 4 is 11.1 Å². The van der Waals surface area contributed by atoms with Gasteiger partial charge in [0, 0.05) is 42.8 Å². The quantitative estimate of drug-likeness (QED) is 0.476. The molecule has 2 aliphatic heterocycles. The van der Waals surface area contributed by atoms with E-state index in [4.69, 9.17) is 9.47 Å². The summed E-state index contributed by atoms with van der Waals surface area (Å²) in [6.45, 7) is 4.64. The Morgan fingerprint density at radius 3 is 2.59 bits per heavy atom. The molecule has 1 fully saturated rings. The molecular weight excluding hydrogens is 436 g/mol. The van der Waals surface area contributed by atoms with E-state index in [-0.39, 0.29) is 24.2 Å². The summed E-state index contributed by atoms with van der Waals surface area (Å²) in [6, 6.07) is 19.3. The molecule has 0 bridgehead atoms. The van der Waals surface area contributed by atoms with Gasteiger partial charge in [0.2, 0.25) is 0 Å². The first-order valence-corrected chi connectivity index (χ1v) is 11.5. The number of ether oxygens (including phenoxy) is 2. The number of fused-ring (bicyclic) bond motifs is 1. The highest BCUT2D eigenvalue weighted by atomic mass is 19.1. The monoisotopic (exact) mass is 463 g/mol. The van der Waals surface area contributed by atoms with Crippen LogP contribution in [0.1, 0.15) is 29.7 Å². The highest BCUT2D eigenvalue weighted by Crippen LogP contribution is 2.47. The van der Waals surface area contributed by atoms with Crippen molar-refractivity contribution in [1.82, 2.24) is 4.90 Å². The van der Waals surface area contributed by atoms with Crippen molar-refractivity contribution < 1.29 is 23.4 Å². The van der Waals surface area contributed by atoms with Gasteiger partial charge in [0.15, 0.2) is 0 Å². The molecule has 6 heteroatoms. The second-order valence-corrected chi connectivity index (χ2v) is 8.92. The van der Waals surface area contributed by atoms with E-state index in [0.29, 0.717) is 12.4 Å². The van der Waals surface area contributed by atoms with Crippen molar-refractivity contribution in [2.75, 3.05) is 32.9 Å². The third-order valence-electron chi connectivity index (χ3n) is 6.53. The smallest absolute Gasteiger partial charge is 0.150 e. The van der Waals surface area contributed by atoms with Crippen LogP contribution in [0.4, 0.5) is 8.78 Å². The fourth-order valence-electron chi connectivity index (χ4n) is 4.69. The number of phenolic OH excluding ortho intramolecular Hbond substituents is 1. The first-order valence-electron chi connectivity index (χ1n) is 11.5. The summed E-state index contributed by atoms with van der Waals surface area (Å²) in [5.41, 5.74) is 4.37. The predicted molar refractivity (Wildman–Crippen MR) is 128 cm³/mol. The molecule has 3 aromatic rings. The Morgan fingerprint density at radius 1 is 1.06 bits per heavy atom. The lowest BCUT2D eigenvalue weighted by atomic mass is 9.86. The molecule has 0 amide bonds. The fourth-order valence-corrected chi connectivity index (χ4v) is 4.69. The van der Waals surface area contributed by atoms with Gasteiger partial charge in [0.1, 0.15) is 35.8 Å². The van der Waals surface area contributed by atoms with Gasteiger partial charge in [-0.3, -0.25) is 9.29 Å². The maximum atomic E-state index is 14.1. The van der Waals surface area contributed by atoms with E-state index in [1.54, 1.807) is 18.2 Å². The lowest BCUT2D eigenvalue weighted by molar-refractivity contribution is 0.0668. The minimum atomic E-state index is -0.469. The summed E-state index contributed by atoms with van der Waals surface area (Å²) < 4.78 is 38.9. The molecule has 0 spiro atoms. The minimum Gasteiger partial charge on any atom is -0.508 e. The molecule has 0 aliphatic carbocycles. The van der Waals surface area contributed by atoms with Crippen LogP contribution < -0.4 is 9.47 Å². The molecule has 0 aromatic heterocycles. The van der Waals surface area contributed by atoms with Crippen LogP contribution >= 0.6 is 0 Å². The van der Waals surface area contributed by atoms with Crippen LogP contribution in [0.2, 0.25) is 0 Å². The molecule has 0 radical (unpaired) electrons. The number of halogens is 2. The van der Waals surface area contributed by atoms with Crippen molar-refractivity contribution in [3.8, 4) is 17.2 Å². The van der Waals surface area contributed by atoms with Crippen molar-refractivity contribution in [2.24, 2.45) is 5.92 Å². The average molecular weight is 464 g/mol. The molecule has 0 unspecified atom stereocenters. The largest absolute Gasteiger partial charge is 0.508 e. The molecule has 3 aromatic carbocycles. The Kier molecular flexibility index (Phi) is 6.24. The van der Waals surface area contributed by atoms with Crippen molar-refractivity contribution in [1.29, 1.82) is 0 Å². The highest BCUT2D eigenvalue weighted by Gasteiger charge is 2.30. The summed E-state index contributed by atoms with van der Waals surface area (Å²) in [5.74, 6) is 1.32. The normalized spacial score (nSPS) is 18.3. The van der Waals surface area contributed by atoms with Crippen molar-refractivity contribution in [2.45, 2.75) is 13.0 Å². The van der Waals surface area contributed by atoms with Crippen LogP contribution in [0.15, 0.2) is 66.7 Å². The third-order valence-corrected chi connectivity index (χ3v) is 6.53. The van der Waals surface area contributed by atoms with E-state index in [0.717, 1.165) is 53.2 Å². The molecule has 2 aliphatic rings. The Hall–Kier alpha value is -3.38. The summed E-state index contributed by atoms with van der Waals surface area (Å²) in [5, 5.41) is 9.97. The maximum absolute atomic E-state index is 14.1. The van der Waals surface area contributed by atoms with Crippen LogP contribution in [0, 0.1) is 11.7 Å². The van der Waals surface area contributed by atoms with E-state index < -0.39 is 6.10 Å². The van der Waals surface area contributed by atoms with Crippen molar-refractivity contribution in [3.63, 3.8) is 0 Å². The maximum Gasteiger partial charge on any atom is 0.150 e. The van der Waals surface area contributed by atoms with E-state index in [1.165, 1.54) is 12.1 Å². The Bertz CT molecular complexity index is 1200. The van der Waals surface area contributed by atoms with Gasteiger partial charge in [-0.15, -0.1) is 0 Å². The molecule has 5 rings (SSSR count). The van der Waals surface area contributed by atoms with Gasteiger partial charge in [-0.05, 0) is 60.0 Å². The standard InChI is InChI=1S/C28H27F2NO3/c1-18-25-10-7-23(32)14-26(25)34-28(27(18)21-3-2-4-22(30)13-21)20-5-8-24(9-6-20)33-12-11-31-16-19(15-29)17-31/h2-10,13-14,19,28,32H,11-12,15-17H2,1H3/t28-/m0/s1. The lowest BCUT2D eigenvalue weighted by Crippen LogP contribution is -2.49. The summed E-state index contributed by atoms with van der Waals surface area (Å²) >= 11 is 0. The van der Waals surface area contributed by atoms with Crippen LogP contribution in [0.5, 0.6) is 17.2 Å². The van der Waals surface area contributed by atoms with E-state index in [9.17, 15) is 13.9 Å². The molecule has 1 N–H and O–H groups in total. The molecule has 34 heavy (non-hydrogen) atoms. The second kappa shape index (κ2) is 9.47. The van der Waals surface area contributed by atoms with Gasteiger partial charge >= 0.3 is 0 Å². The topological polar surface area (TPSA) is 41.9 Å². The minimum absolute atomic E-state index is 0.128. The number of benzene rings is 3. The first kappa shape index (κ1) is 22.4. The Labute approximate surface area is 198 Å². The molecule has 2 heterocycles. The number of likely N-dealkylation sites (tertiary alicyclic amines) is 1. The first-order chi connectivity index (χ1) is 16.5. The number of aromatic hydroxyl groups is 1. The number of allylic oxidation sites excluding steroid dienone is 1. The number of phenols is 1. The van der Waals surface area contributed by atoms with Gasteiger partial charge in [-0.2, -0.15) is 0 Å². The van der Waals surface area contributed by atoms with Gasteiger partial charge in [-0.25, -0.2) is 4.39 Å². The Morgan fingerprint density at radius 2 is 1.85 bits per heavy atom. The van der Waals surface area contributed by atoms with Gasteiger partial charge in [-0.1, -0.05) is 24.3 Å². The third kappa shape index (κ3) is 4.50. The van der Waals surface area contributed by atoms with Gasteiger partial charge < -0.3 is 14.6 Å². The number of rotatable bonds is 7. The molecule has 1 saturated heterocycles. The Balaban J connectivity index is 1.38. The van der Waals surface area contributed by atoms with E-state index in [2.05, 4.69) is 4.90 Å². The van der Waals surface area contributed by atoms with E-state index in [1.807, 2.05) is 43.3 Å². The molecule has 176 valence electrons. The number of hydrogen-bond acceptors (Lipinski definition) is 4. The van der Waals surface area contributed by atoms with Crippen LogP contribution in [0.25, 0.3) is 11.1 Å². The summed E-state index contributed by atoms with van der Waals surface area (Å²) in [4.78, 5) is 2.18. The number of hydrogen-bond donors (Lipinski definition) is 1. The van der Waals surface area contributed by atoms with Crippen LogP contribution in [-0.4, -0.2) is 42.9 Å². The van der Waals surface area contributed by atoms with E-state index >= 15 is 0 Å². The average Bonchev–Trinajstić information content (AvgIpc) is 2.80. The molecule has 0 saturated carbocycles. The molecule has 4 nitrogen and oxygen atoms in total. The summed E-state index contributed by atoms with van der Waals surface area (Å²) in [7, 11) is 0. The summed E-state index contributed by atoms with van der Waals surface area (Å²) in [6.07, 6.45) is -0.469. The van der Waals surface area contributed by atoms with Crippen molar-refractivity contribution in [3.05, 3.63) is 89.2 Å². The highest BCUT2D eigenvalue weighted by molar-refractivity contribution is 5.95. The predicted octanol–water partition coefficient (Wildman–Crippen LogP) is 5.88. The SMILES string of the molecule is CC1=C(c2cccc(F)c2)[C@H](c2ccc(OCCN3CC(CF)C3)cc2)Oc2cc(O)ccc21. The molecule has 1 atom stereocenters. The van der Waals surface area contributed by atoms with Gasteiger partial charge in [0.05, 0.1) is 6.67 Å². The number of nitrogens with zero attached hydrogens (tertiary/aromatic N) is 1. The molecular formula is C28H27F2NO3. The van der Waals surface area contributed by atoms with Gasteiger partial charge in [0.25, 0.3) is 0 Å². The second-order valence-electron chi connectivity index (χ2n) is 8.92. The number of alkyl halides is 1.